The van der Waals surface area contributed by atoms with Gasteiger partial charge in [-0.2, -0.15) is 0 Å². The van der Waals surface area contributed by atoms with E-state index < -0.39 is 0 Å². The van der Waals surface area contributed by atoms with Crippen molar-refractivity contribution in [3.63, 3.8) is 0 Å². The Labute approximate surface area is 120 Å². The molecule has 2 N–H and O–H groups in total. The SMILES string of the molecule is Cc1ccc(C(N)C2OCCc3ccccc32)c(C)c1. The van der Waals surface area contributed by atoms with Crippen molar-refractivity contribution in [3.8, 4) is 0 Å². The number of rotatable bonds is 2. The standard InChI is InChI=1S/C18H21NO/c1-12-7-8-15(13(2)11-12)17(19)18-16-6-4-3-5-14(16)9-10-20-18/h3-8,11,17-18H,9-10,19H2,1-2H3. The van der Waals surface area contributed by atoms with Crippen LogP contribution < -0.4 is 5.73 Å². The van der Waals surface area contributed by atoms with Crippen LogP contribution in [0.25, 0.3) is 0 Å². The molecule has 104 valence electrons. The number of fused-ring (bicyclic) bond motifs is 1. The fourth-order valence-electron chi connectivity index (χ4n) is 3.08. The molecule has 0 radical (unpaired) electrons. The molecular formula is C18H21NO. The lowest BCUT2D eigenvalue weighted by atomic mass is 9.88. The Morgan fingerprint density at radius 2 is 1.95 bits per heavy atom. The van der Waals surface area contributed by atoms with Gasteiger partial charge >= 0.3 is 0 Å². The van der Waals surface area contributed by atoms with Crippen LogP contribution in [-0.4, -0.2) is 6.61 Å². The predicted molar refractivity (Wildman–Crippen MR) is 81.7 cm³/mol. The average Bonchev–Trinajstić information content (AvgIpc) is 2.46. The van der Waals surface area contributed by atoms with Gasteiger partial charge in [-0.3, -0.25) is 0 Å². The topological polar surface area (TPSA) is 35.2 Å². The molecule has 1 aliphatic rings. The van der Waals surface area contributed by atoms with E-state index in [2.05, 4.69) is 56.3 Å². The molecule has 2 nitrogen and oxygen atoms in total. The normalized spacial score (nSPS) is 19.4. The second-order valence-corrected chi connectivity index (χ2v) is 5.63. The van der Waals surface area contributed by atoms with Gasteiger partial charge in [0.15, 0.2) is 0 Å². The van der Waals surface area contributed by atoms with Crippen LogP contribution >= 0.6 is 0 Å². The molecule has 20 heavy (non-hydrogen) atoms. The number of ether oxygens (including phenoxy) is 1. The van der Waals surface area contributed by atoms with E-state index in [4.69, 9.17) is 10.5 Å². The van der Waals surface area contributed by atoms with Gasteiger partial charge in [-0.05, 0) is 42.5 Å². The zero-order valence-corrected chi connectivity index (χ0v) is 12.1. The van der Waals surface area contributed by atoms with E-state index in [1.54, 1.807) is 0 Å². The minimum absolute atomic E-state index is 0.0404. The lowest BCUT2D eigenvalue weighted by molar-refractivity contribution is 0.0240. The molecule has 0 amide bonds. The number of aryl methyl sites for hydroxylation is 2. The molecule has 0 bridgehead atoms. The summed E-state index contributed by atoms with van der Waals surface area (Å²) in [6.45, 7) is 4.98. The molecule has 2 aromatic carbocycles. The van der Waals surface area contributed by atoms with Crippen LogP contribution in [0.4, 0.5) is 0 Å². The van der Waals surface area contributed by atoms with E-state index in [9.17, 15) is 0 Å². The molecule has 2 atom stereocenters. The minimum Gasteiger partial charge on any atom is -0.371 e. The Balaban J connectivity index is 1.97. The van der Waals surface area contributed by atoms with Crippen LogP contribution in [0.1, 0.15) is 40.0 Å². The van der Waals surface area contributed by atoms with Gasteiger partial charge in [-0.1, -0.05) is 48.0 Å². The molecule has 3 rings (SSSR count). The molecule has 0 spiro atoms. The highest BCUT2D eigenvalue weighted by atomic mass is 16.5. The van der Waals surface area contributed by atoms with Gasteiger partial charge in [0.2, 0.25) is 0 Å². The maximum atomic E-state index is 6.51. The Hall–Kier alpha value is -1.64. The summed E-state index contributed by atoms with van der Waals surface area (Å²) in [5.74, 6) is 0. The summed E-state index contributed by atoms with van der Waals surface area (Å²) in [5.41, 5.74) is 12.8. The molecule has 2 heteroatoms. The van der Waals surface area contributed by atoms with Crippen LogP contribution in [0.2, 0.25) is 0 Å². The van der Waals surface area contributed by atoms with Gasteiger partial charge in [0.25, 0.3) is 0 Å². The molecule has 1 aliphatic heterocycles. The number of nitrogens with two attached hydrogens (primary N) is 1. The van der Waals surface area contributed by atoms with Crippen molar-refractivity contribution in [2.24, 2.45) is 5.73 Å². The van der Waals surface area contributed by atoms with E-state index in [-0.39, 0.29) is 12.1 Å². The molecule has 0 saturated heterocycles. The highest BCUT2D eigenvalue weighted by molar-refractivity contribution is 5.38. The molecule has 2 unspecified atom stereocenters. The molecule has 0 aromatic heterocycles. The first-order valence-electron chi connectivity index (χ1n) is 7.19. The van der Waals surface area contributed by atoms with Crippen LogP contribution in [-0.2, 0) is 11.2 Å². The van der Waals surface area contributed by atoms with Gasteiger partial charge in [0, 0.05) is 0 Å². The molecule has 1 heterocycles. The molecular weight excluding hydrogens is 246 g/mol. The number of hydrogen-bond donors (Lipinski definition) is 1. The second-order valence-electron chi connectivity index (χ2n) is 5.63. The van der Waals surface area contributed by atoms with Crippen LogP contribution in [0.5, 0.6) is 0 Å². The number of benzene rings is 2. The second kappa shape index (κ2) is 5.39. The van der Waals surface area contributed by atoms with Gasteiger partial charge in [0.1, 0.15) is 6.10 Å². The average molecular weight is 267 g/mol. The van der Waals surface area contributed by atoms with E-state index in [1.807, 2.05) is 0 Å². The molecule has 0 fully saturated rings. The van der Waals surface area contributed by atoms with Gasteiger partial charge in [-0.25, -0.2) is 0 Å². The Morgan fingerprint density at radius 1 is 1.15 bits per heavy atom. The molecule has 2 aromatic rings. The third kappa shape index (κ3) is 2.37. The third-order valence-electron chi connectivity index (χ3n) is 4.14. The summed E-state index contributed by atoms with van der Waals surface area (Å²) in [5, 5.41) is 0. The monoisotopic (exact) mass is 267 g/mol. The van der Waals surface area contributed by atoms with E-state index in [1.165, 1.54) is 27.8 Å². The first-order valence-corrected chi connectivity index (χ1v) is 7.19. The zero-order valence-electron chi connectivity index (χ0n) is 12.1. The molecule has 0 aliphatic carbocycles. The lowest BCUT2D eigenvalue weighted by Gasteiger charge is -2.31. The van der Waals surface area contributed by atoms with E-state index in [0.29, 0.717) is 0 Å². The summed E-state index contributed by atoms with van der Waals surface area (Å²) >= 11 is 0. The van der Waals surface area contributed by atoms with Crippen molar-refractivity contribution in [2.75, 3.05) is 6.61 Å². The summed E-state index contributed by atoms with van der Waals surface area (Å²) in [6, 6.07) is 14.8. The first-order chi connectivity index (χ1) is 9.66. The Morgan fingerprint density at radius 3 is 2.75 bits per heavy atom. The Bertz CT molecular complexity index is 621. The summed E-state index contributed by atoms with van der Waals surface area (Å²) < 4.78 is 5.98. The quantitative estimate of drug-likeness (QED) is 0.902. The van der Waals surface area contributed by atoms with Crippen molar-refractivity contribution in [2.45, 2.75) is 32.4 Å². The fourth-order valence-corrected chi connectivity index (χ4v) is 3.08. The van der Waals surface area contributed by atoms with Crippen molar-refractivity contribution >= 4 is 0 Å². The van der Waals surface area contributed by atoms with Crippen molar-refractivity contribution < 1.29 is 4.74 Å². The van der Waals surface area contributed by atoms with Crippen molar-refractivity contribution in [1.82, 2.24) is 0 Å². The maximum absolute atomic E-state index is 6.51. The van der Waals surface area contributed by atoms with Crippen molar-refractivity contribution in [3.05, 3.63) is 70.3 Å². The van der Waals surface area contributed by atoms with E-state index >= 15 is 0 Å². The van der Waals surface area contributed by atoms with Gasteiger partial charge < -0.3 is 10.5 Å². The van der Waals surface area contributed by atoms with Gasteiger partial charge in [0.05, 0.1) is 12.6 Å². The predicted octanol–water partition coefficient (Wildman–Crippen LogP) is 3.62. The highest BCUT2D eigenvalue weighted by Gasteiger charge is 2.28. The maximum Gasteiger partial charge on any atom is 0.102 e. The summed E-state index contributed by atoms with van der Waals surface area (Å²) in [7, 11) is 0. The lowest BCUT2D eigenvalue weighted by Crippen LogP contribution is -2.27. The number of hydrogen-bond acceptors (Lipinski definition) is 2. The van der Waals surface area contributed by atoms with Crippen molar-refractivity contribution in [1.29, 1.82) is 0 Å². The fraction of sp³-hybridized carbons (Fsp3) is 0.333. The molecule has 0 saturated carbocycles. The van der Waals surface area contributed by atoms with E-state index in [0.717, 1.165) is 13.0 Å². The van der Waals surface area contributed by atoms with Gasteiger partial charge in [-0.15, -0.1) is 0 Å². The highest BCUT2D eigenvalue weighted by Crippen LogP contribution is 2.36. The Kier molecular flexibility index (Phi) is 3.60. The zero-order chi connectivity index (χ0) is 14.1. The third-order valence-corrected chi connectivity index (χ3v) is 4.14. The van der Waals surface area contributed by atoms with Crippen LogP contribution in [0, 0.1) is 13.8 Å². The van der Waals surface area contributed by atoms with Crippen LogP contribution in [0.3, 0.4) is 0 Å². The summed E-state index contributed by atoms with van der Waals surface area (Å²) in [6.07, 6.45) is 0.938. The largest absolute Gasteiger partial charge is 0.371 e. The first kappa shape index (κ1) is 13.3. The minimum atomic E-state index is -0.114. The smallest absolute Gasteiger partial charge is 0.102 e. The van der Waals surface area contributed by atoms with Crippen LogP contribution in [0.15, 0.2) is 42.5 Å². The summed E-state index contributed by atoms with van der Waals surface area (Å²) in [4.78, 5) is 0.